The predicted molar refractivity (Wildman–Crippen MR) is 53.6 cm³/mol. The minimum Gasteiger partial charge on any atom is -0.399 e. The molecule has 4 heteroatoms. The Labute approximate surface area is 83.8 Å². The zero-order chi connectivity index (χ0) is 9.14. The van der Waals surface area contributed by atoms with Crippen LogP contribution in [-0.2, 0) is 0 Å². The van der Waals surface area contributed by atoms with Gasteiger partial charge in [0.15, 0.2) is 5.78 Å². The normalized spacial score (nSPS) is 9.83. The predicted octanol–water partition coefficient (Wildman–Crippen LogP) is 2.45. The Kier molecular flexibility index (Phi) is 3.12. The number of ketones is 1. The van der Waals surface area contributed by atoms with Gasteiger partial charge in [0, 0.05) is 15.7 Å². The fourth-order valence-corrected chi connectivity index (χ4v) is 1.59. The van der Waals surface area contributed by atoms with Crippen molar-refractivity contribution < 1.29 is 4.79 Å². The molecule has 64 valence electrons. The number of carbonyl (C=O) groups excluding carboxylic acids is 1. The number of rotatable bonds is 2. The minimum atomic E-state index is -0.108. The third-order valence-corrected chi connectivity index (χ3v) is 2.31. The first-order valence-corrected chi connectivity index (χ1v) is 4.62. The van der Waals surface area contributed by atoms with Gasteiger partial charge in [0.05, 0.1) is 5.88 Å². The molecule has 0 amide bonds. The molecule has 0 saturated heterocycles. The van der Waals surface area contributed by atoms with Gasteiger partial charge in [0.2, 0.25) is 0 Å². The lowest BCUT2D eigenvalue weighted by atomic mass is 10.1. The number of Topliss-reactive ketones (excluding diaryl/α,β-unsaturated/α-hetero) is 1. The molecule has 1 rings (SSSR count). The molecular weight excluding hydrogens is 241 g/mol. The average Bonchev–Trinajstić information content (AvgIpc) is 2.03. The summed E-state index contributed by atoms with van der Waals surface area (Å²) < 4.78 is 0.688. The second-order valence-corrected chi connectivity index (χ2v) is 3.42. The Morgan fingerprint density at radius 1 is 1.58 bits per heavy atom. The van der Waals surface area contributed by atoms with Crippen molar-refractivity contribution in [2.75, 3.05) is 11.6 Å². The van der Waals surface area contributed by atoms with Gasteiger partial charge in [-0.05, 0) is 34.1 Å². The molecule has 1 aromatic rings. The van der Waals surface area contributed by atoms with E-state index in [4.69, 9.17) is 17.3 Å². The molecule has 2 N–H and O–H groups in total. The maximum atomic E-state index is 11.1. The lowest BCUT2D eigenvalue weighted by Crippen LogP contribution is -2.01. The van der Waals surface area contributed by atoms with E-state index in [1.54, 1.807) is 18.2 Å². The molecule has 0 aromatic heterocycles. The first-order chi connectivity index (χ1) is 5.65. The highest BCUT2D eigenvalue weighted by Crippen LogP contribution is 2.20. The van der Waals surface area contributed by atoms with E-state index >= 15 is 0 Å². The van der Waals surface area contributed by atoms with Crippen LogP contribution in [0.4, 0.5) is 5.69 Å². The van der Waals surface area contributed by atoms with Crippen LogP contribution in [0, 0.1) is 0 Å². The van der Waals surface area contributed by atoms with Crippen molar-refractivity contribution in [3.05, 3.63) is 28.2 Å². The van der Waals surface area contributed by atoms with Crippen molar-refractivity contribution in [2.45, 2.75) is 0 Å². The van der Waals surface area contributed by atoms with Gasteiger partial charge in [0.1, 0.15) is 0 Å². The molecule has 0 aliphatic carbocycles. The smallest absolute Gasteiger partial charge is 0.178 e. The SMILES string of the molecule is Nc1ccc(C(=O)CCl)c(Br)c1. The molecule has 0 aliphatic heterocycles. The van der Waals surface area contributed by atoms with Crippen LogP contribution in [0.3, 0.4) is 0 Å². The van der Waals surface area contributed by atoms with Crippen LogP contribution >= 0.6 is 27.5 Å². The van der Waals surface area contributed by atoms with Crippen LogP contribution in [0.25, 0.3) is 0 Å². The number of nitrogen functional groups attached to an aromatic ring is 1. The van der Waals surface area contributed by atoms with Gasteiger partial charge in [-0.15, -0.1) is 11.6 Å². The van der Waals surface area contributed by atoms with Crippen LogP contribution in [0.5, 0.6) is 0 Å². The molecule has 0 saturated carbocycles. The van der Waals surface area contributed by atoms with Crippen molar-refractivity contribution in [1.82, 2.24) is 0 Å². The minimum absolute atomic E-state index is 0.0114. The van der Waals surface area contributed by atoms with Gasteiger partial charge in [0.25, 0.3) is 0 Å². The van der Waals surface area contributed by atoms with E-state index in [1.807, 2.05) is 0 Å². The summed E-state index contributed by atoms with van der Waals surface area (Å²) in [5.74, 6) is -0.119. The van der Waals surface area contributed by atoms with E-state index in [0.717, 1.165) is 0 Å². The monoisotopic (exact) mass is 247 g/mol. The summed E-state index contributed by atoms with van der Waals surface area (Å²) in [6.07, 6.45) is 0. The van der Waals surface area contributed by atoms with Crippen LogP contribution < -0.4 is 5.73 Å². The molecule has 12 heavy (non-hydrogen) atoms. The van der Waals surface area contributed by atoms with Gasteiger partial charge >= 0.3 is 0 Å². The second kappa shape index (κ2) is 3.92. The largest absolute Gasteiger partial charge is 0.399 e. The van der Waals surface area contributed by atoms with Crippen molar-refractivity contribution in [2.24, 2.45) is 0 Å². The molecule has 0 aliphatic rings. The Bertz CT molecular complexity index is 314. The fourth-order valence-electron chi connectivity index (χ4n) is 0.829. The zero-order valence-corrected chi connectivity index (χ0v) is 8.52. The highest BCUT2D eigenvalue weighted by Gasteiger charge is 2.07. The first-order valence-electron chi connectivity index (χ1n) is 3.29. The summed E-state index contributed by atoms with van der Waals surface area (Å²) in [5.41, 5.74) is 6.68. The lowest BCUT2D eigenvalue weighted by Gasteiger charge is -2.01. The summed E-state index contributed by atoms with van der Waals surface area (Å²) in [7, 11) is 0. The number of nitrogens with two attached hydrogens (primary N) is 1. The molecule has 0 radical (unpaired) electrons. The molecule has 0 bridgehead atoms. The summed E-state index contributed by atoms with van der Waals surface area (Å²) >= 11 is 8.63. The van der Waals surface area contributed by atoms with Crippen molar-refractivity contribution in [3.8, 4) is 0 Å². The Hall–Kier alpha value is -0.540. The standard InChI is InChI=1S/C8H7BrClNO/c9-7-3-5(11)1-2-6(7)8(12)4-10/h1-3H,4,11H2. The number of carbonyl (C=O) groups is 1. The number of halogens is 2. The third-order valence-electron chi connectivity index (χ3n) is 1.41. The van der Waals surface area contributed by atoms with Gasteiger partial charge in [-0.2, -0.15) is 0 Å². The number of hydrogen-bond donors (Lipinski definition) is 1. The van der Waals surface area contributed by atoms with E-state index in [-0.39, 0.29) is 11.7 Å². The molecule has 0 fully saturated rings. The fraction of sp³-hybridized carbons (Fsp3) is 0.125. The average molecular weight is 249 g/mol. The van der Waals surface area contributed by atoms with E-state index in [2.05, 4.69) is 15.9 Å². The number of hydrogen-bond acceptors (Lipinski definition) is 2. The second-order valence-electron chi connectivity index (χ2n) is 2.30. The van der Waals surface area contributed by atoms with Crippen molar-refractivity contribution >= 4 is 39.0 Å². The first kappa shape index (κ1) is 9.55. The molecule has 2 nitrogen and oxygen atoms in total. The van der Waals surface area contributed by atoms with Gasteiger partial charge in [-0.3, -0.25) is 4.79 Å². The van der Waals surface area contributed by atoms with Gasteiger partial charge < -0.3 is 5.73 Å². The quantitative estimate of drug-likeness (QED) is 0.496. The van der Waals surface area contributed by atoms with Gasteiger partial charge in [-0.1, -0.05) is 0 Å². The van der Waals surface area contributed by atoms with Gasteiger partial charge in [-0.25, -0.2) is 0 Å². The molecule has 0 spiro atoms. The van der Waals surface area contributed by atoms with E-state index in [9.17, 15) is 4.79 Å². The lowest BCUT2D eigenvalue weighted by molar-refractivity contribution is 0.102. The molecular formula is C8H7BrClNO. The number of alkyl halides is 1. The van der Waals surface area contributed by atoms with Crippen LogP contribution in [-0.4, -0.2) is 11.7 Å². The molecule has 0 atom stereocenters. The maximum absolute atomic E-state index is 11.1. The summed E-state index contributed by atoms with van der Waals surface area (Å²) in [6.45, 7) is 0. The molecule has 0 heterocycles. The summed E-state index contributed by atoms with van der Waals surface area (Å²) in [6, 6.07) is 5.01. The van der Waals surface area contributed by atoms with E-state index < -0.39 is 0 Å². The van der Waals surface area contributed by atoms with Crippen molar-refractivity contribution in [1.29, 1.82) is 0 Å². The Balaban J connectivity index is 3.09. The highest BCUT2D eigenvalue weighted by molar-refractivity contribution is 9.10. The Morgan fingerprint density at radius 2 is 2.25 bits per heavy atom. The molecule has 1 aromatic carbocycles. The van der Waals surface area contributed by atoms with Crippen LogP contribution in [0.1, 0.15) is 10.4 Å². The zero-order valence-electron chi connectivity index (χ0n) is 6.18. The summed E-state index contributed by atoms with van der Waals surface area (Å²) in [4.78, 5) is 11.1. The van der Waals surface area contributed by atoms with Crippen LogP contribution in [0.15, 0.2) is 22.7 Å². The van der Waals surface area contributed by atoms with E-state index in [0.29, 0.717) is 15.7 Å². The topological polar surface area (TPSA) is 43.1 Å². The Morgan fingerprint density at radius 3 is 2.75 bits per heavy atom. The molecule has 0 unspecified atom stereocenters. The maximum Gasteiger partial charge on any atom is 0.178 e. The van der Waals surface area contributed by atoms with Crippen molar-refractivity contribution in [3.63, 3.8) is 0 Å². The highest BCUT2D eigenvalue weighted by atomic mass is 79.9. The number of anilines is 1. The third kappa shape index (κ3) is 1.99. The number of benzene rings is 1. The summed E-state index contributed by atoms with van der Waals surface area (Å²) in [5, 5.41) is 0. The van der Waals surface area contributed by atoms with E-state index in [1.165, 1.54) is 0 Å². The van der Waals surface area contributed by atoms with Crippen LogP contribution in [0.2, 0.25) is 0 Å².